The van der Waals surface area contributed by atoms with Crippen molar-refractivity contribution in [2.45, 2.75) is 75.6 Å². The van der Waals surface area contributed by atoms with Crippen LogP contribution in [-0.4, -0.2) is 45.8 Å². The van der Waals surface area contributed by atoms with Crippen LogP contribution in [0.5, 0.6) is 0 Å². The van der Waals surface area contributed by atoms with E-state index in [1.165, 1.54) is 12.8 Å². The van der Waals surface area contributed by atoms with Gasteiger partial charge in [-0.25, -0.2) is 0 Å². The first-order valence-corrected chi connectivity index (χ1v) is 9.32. The molecule has 0 aromatic heterocycles. The molecule has 0 spiro atoms. The number of hydrogen-bond donors (Lipinski definition) is 1. The molecule has 2 rings (SSSR count). The lowest BCUT2D eigenvalue weighted by Gasteiger charge is -2.46. The van der Waals surface area contributed by atoms with Crippen molar-refractivity contribution in [3.63, 3.8) is 0 Å². The molecule has 1 N–H and O–H groups in total. The predicted octanol–water partition coefficient (Wildman–Crippen LogP) is 2.57. The highest BCUT2D eigenvalue weighted by Gasteiger charge is 2.49. The Hall–Kier alpha value is -0.710. The number of carbonyl (C=O) groups excluding carboxylic acids is 2. The second-order valence-corrected chi connectivity index (χ2v) is 7.90. The molecule has 1 saturated carbocycles. The van der Waals surface area contributed by atoms with E-state index in [1.54, 1.807) is 0 Å². The SMILES string of the molecule is CCC1C(=O)NC(C)(CC)C(=O)N1CC1(SC)CCCC1. The number of nitrogens with one attached hydrogen (secondary N) is 1. The smallest absolute Gasteiger partial charge is 0.248 e. The molecule has 2 unspecified atom stereocenters. The average molecular weight is 312 g/mol. The summed E-state index contributed by atoms with van der Waals surface area (Å²) in [7, 11) is 0. The normalized spacial score (nSPS) is 32.4. The highest BCUT2D eigenvalue weighted by Crippen LogP contribution is 2.42. The summed E-state index contributed by atoms with van der Waals surface area (Å²) in [6.45, 7) is 6.52. The zero-order valence-corrected chi connectivity index (χ0v) is 14.5. The van der Waals surface area contributed by atoms with Gasteiger partial charge in [-0.1, -0.05) is 26.7 Å². The molecule has 120 valence electrons. The number of amides is 2. The van der Waals surface area contributed by atoms with Crippen LogP contribution < -0.4 is 5.32 Å². The Kier molecular flexibility index (Phi) is 4.91. The molecule has 0 bridgehead atoms. The van der Waals surface area contributed by atoms with Crippen LogP contribution in [0.3, 0.4) is 0 Å². The van der Waals surface area contributed by atoms with Gasteiger partial charge < -0.3 is 10.2 Å². The van der Waals surface area contributed by atoms with Crippen molar-refractivity contribution < 1.29 is 9.59 Å². The number of hydrogen-bond acceptors (Lipinski definition) is 3. The van der Waals surface area contributed by atoms with Crippen molar-refractivity contribution in [1.82, 2.24) is 10.2 Å². The van der Waals surface area contributed by atoms with Gasteiger partial charge >= 0.3 is 0 Å². The van der Waals surface area contributed by atoms with Crippen molar-refractivity contribution in [2.24, 2.45) is 0 Å². The van der Waals surface area contributed by atoms with E-state index in [0.29, 0.717) is 19.4 Å². The van der Waals surface area contributed by atoms with E-state index in [9.17, 15) is 9.59 Å². The molecular formula is C16H28N2O2S. The standard InChI is InChI=1S/C16H28N2O2S/c1-5-12-13(19)17-15(3,6-2)14(20)18(12)11-16(21-4)9-7-8-10-16/h12H,5-11H2,1-4H3,(H,17,19). The Morgan fingerprint density at radius 2 is 1.90 bits per heavy atom. The van der Waals surface area contributed by atoms with Crippen molar-refractivity contribution >= 4 is 23.6 Å². The van der Waals surface area contributed by atoms with Crippen LogP contribution in [0, 0.1) is 0 Å². The van der Waals surface area contributed by atoms with Crippen molar-refractivity contribution in [2.75, 3.05) is 12.8 Å². The molecule has 2 aliphatic rings. The van der Waals surface area contributed by atoms with Gasteiger partial charge in [-0.3, -0.25) is 9.59 Å². The quantitative estimate of drug-likeness (QED) is 0.849. The van der Waals surface area contributed by atoms with Gasteiger partial charge in [0.15, 0.2) is 0 Å². The molecule has 0 radical (unpaired) electrons. The molecule has 0 aromatic carbocycles. The van der Waals surface area contributed by atoms with E-state index in [4.69, 9.17) is 0 Å². The van der Waals surface area contributed by atoms with Gasteiger partial charge in [0.1, 0.15) is 11.6 Å². The molecule has 1 heterocycles. The van der Waals surface area contributed by atoms with Gasteiger partial charge in [-0.15, -0.1) is 0 Å². The largest absolute Gasteiger partial charge is 0.340 e. The average Bonchev–Trinajstić information content (AvgIpc) is 2.94. The van der Waals surface area contributed by atoms with Gasteiger partial charge in [0.25, 0.3) is 0 Å². The van der Waals surface area contributed by atoms with Crippen LogP contribution in [0.1, 0.15) is 59.3 Å². The summed E-state index contributed by atoms with van der Waals surface area (Å²) in [4.78, 5) is 27.2. The lowest BCUT2D eigenvalue weighted by Crippen LogP contribution is -2.70. The number of rotatable bonds is 5. The van der Waals surface area contributed by atoms with E-state index < -0.39 is 5.54 Å². The maximum Gasteiger partial charge on any atom is 0.248 e. The molecule has 1 saturated heterocycles. The Morgan fingerprint density at radius 3 is 2.38 bits per heavy atom. The Labute approximate surface area is 132 Å². The van der Waals surface area contributed by atoms with E-state index in [0.717, 1.165) is 12.8 Å². The minimum absolute atomic E-state index is 0.00991. The van der Waals surface area contributed by atoms with Crippen LogP contribution in [0.15, 0.2) is 0 Å². The molecule has 0 aromatic rings. The van der Waals surface area contributed by atoms with Gasteiger partial charge in [-0.05, 0) is 38.9 Å². The highest BCUT2D eigenvalue weighted by molar-refractivity contribution is 8.00. The third-order valence-corrected chi connectivity index (χ3v) is 6.71. The molecule has 21 heavy (non-hydrogen) atoms. The fraction of sp³-hybridized carbons (Fsp3) is 0.875. The first-order valence-electron chi connectivity index (χ1n) is 8.09. The fourth-order valence-corrected chi connectivity index (χ4v) is 4.56. The van der Waals surface area contributed by atoms with Gasteiger partial charge in [0, 0.05) is 11.3 Å². The summed E-state index contributed by atoms with van der Waals surface area (Å²) >= 11 is 1.87. The topological polar surface area (TPSA) is 49.4 Å². The van der Waals surface area contributed by atoms with Crippen LogP contribution in [0.4, 0.5) is 0 Å². The van der Waals surface area contributed by atoms with Crippen molar-refractivity contribution in [1.29, 1.82) is 0 Å². The molecule has 5 heteroatoms. The second kappa shape index (κ2) is 6.19. The maximum atomic E-state index is 12.9. The van der Waals surface area contributed by atoms with Crippen molar-refractivity contribution in [3.8, 4) is 0 Å². The molecule has 1 aliphatic carbocycles. The third-order valence-electron chi connectivity index (χ3n) is 5.31. The number of carbonyl (C=O) groups is 2. The maximum absolute atomic E-state index is 12.9. The summed E-state index contributed by atoms with van der Waals surface area (Å²) in [5.74, 6) is 0.104. The highest BCUT2D eigenvalue weighted by atomic mass is 32.2. The van der Waals surface area contributed by atoms with Crippen LogP contribution in [0.2, 0.25) is 0 Å². The summed E-state index contributed by atoms with van der Waals surface area (Å²) in [5, 5.41) is 2.94. The Balaban J connectivity index is 2.27. The Morgan fingerprint density at radius 1 is 1.29 bits per heavy atom. The lowest BCUT2D eigenvalue weighted by atomic mass is 9.90. The van der Waals surface area contributed by atoms with Gasteiger partial charge in [0.05, 0.1) is 0 Å². The first-order chi connectivity index (χ1) is 9.91. The number of thioether (sulfide) groups is 1. The minimum Gasteiger partial charge on any atom is -0.340 e. The fourth-order valence-electron chi connectivity index (χ4n) is 3.59. The van der Waals surface area contributed by atoms with Gasteiger partial charge in [-0.2, -0.15) is 11.8 Å². The third kappa shape index (κ3) is 2.94. The minimum atomic E-state index is -0.735. The summed E-state index contributed by atoms with van der Waals surface area (Å²) in [6, 6.07) is -0.304. The summed E-state index contributed by atoms with van der Waals surface area (Å²) < 4.78 is 0.148. The number of nitrogens with zero attached hydrogens (tertiary/aromatic N) is 1. The lowest BCUT2D eigenvalue weighted by molar-refractivity contribution is -0.155. The molecule has 2 amide bonds. The predicted molar refractivity (Wildman–Crippen MR) is 87.3 cm³/mol. The molecule has 2 fully saturated rings. The first kappa shape index (κ1) is 16.7. The second-order valence-electron chi connectivity index (χ2n) is 6.63. The monoisotopic (exact) mass is 312 g/mol. The zero-order valence-electron chi connectivity index (χ0n) is 13.7. The Bertz CT molecular complexity index is 421. The summed E-state index contributed by atoms with van der Waals surface area (Å²) in [6.07, 6.45) is 8.23. The van der Waals surface area contributed by atoms with Crippen LogP contribution in [-0.2, 0) is 9.59 Å². The molecule has 1 aliphatic heterocycles. The van der Waals surface area contributed by atoms with Crippen molar-refractivity contribution in [3.05, 3.63) is 0 Å². The zero-order chi connectivity index (χ0) is 15.7. The van der Waals surface area contributed by atoms with E-state index in [2.05, 4.69) is 11.6 Å². The molecule has 2 atom stereocenters. The van der Waals surface area contributed by atoms with Gasteiger partial charge in [0.2, 0.25) is 11.8 Å². The van der Waals surface area contributed by atoms with E-state index in [1.807, 2.05) is 37.4 Å². The van der Waals surface area contributed by atoms with Crippen LogP contribution in [0.25, 0.3) is 0 Å². The van der Waals surface area contributed by atoms with Crippen LogP contribution >= 0.6 is 11.8 Å². The van der Waals surface area contributed by atoms with E-state index >= 15 is 0 Å². The van der Waals surface area contributed by atoms with E-state index in [-0.39, 0.29) is 22.6 Å². The summed E-state index contributed by atoms with van der Waals surface area (Å²) in [5.41, 5.74) is -0.735. The molecule has 4 nitrogen and oxygen atoms in total. The number of piperazine rings is 1. The molecular weight excluding hydrogens is 284 g/mol.